The Morgan fingerprint density at radius 1 is 1.05 bits per heavy atom. The molecule has 2 rings (SSSR count). The van der Waals surface area contributed by atoms with Crippen LogP contribution in [-0.4, -0.2) is 23.6 Å². The van der Waals surface area contributed by atoms with E-state index in [0.717, 1.165) is 18.7 Å². The standard InChI is InChI=1S/C17H20FNO/c1-19(13-14-5-3-2-4-6-14)12-11-17(20)15-7-9-16(18)10-8-15/h2-10,17,20H,11-13H2,1H3/t17-/m0/s1. The molecule has 0 heterocycles. The highest BCUT2D eigenvalue weighted by atomic mass is 19.1. The highest BCUT2D eigenvalue weighted by Gasteiger charge is 2.09. The Labute approximate surface area is 119 Å². The van der Waals surface area contributed by atoms with Gasteiger partial charge in [0, 0.05) is 13.1 Å². The van der Waals surface area contributed by atoms with Crippen LogP contribution in [0.5, 0.6) is 0 Å². The minimum atomic E-state index is -0.547. The van der Waals surface area contributed by atoms with Crippen LogP contribution in [0.2, 0.25) is 0 Å². The zero-order valence-electron chi connectivity index (χ0n) is 11.7. The van der Waals surface area contributed by atoms with Gasteiger partial charge in [-0.25, -0.2) is 4.39 Å². The lowest BCUT2D eigenvalue weighted by Gasteiger charge is -2.19. The van der Waals surface area contributed by atoms with E-state index in [1.54, 1.807) is 12.1 Å². The average molecular weight is 273 g/mol. The molecule has 3 heteroatoms. The third kappa shape index (κ3) is 4.44. The first-order valence-electron chi connectivity index (χ1n) is 6.81. The second-order valence-electron chi connectivity index (χ2n) is 5.08. The molecule has 1 N–H and O–H groups in total. The summed E-state index contributed by atoms with van der Waals surface area (Å²) >= 11 is 0. The van der Waals surface area contributed by atoms with Crippen molar-refractivity contribution in [2.45, 2.75) is 19.1 Å². The fourth-order valence-electron chi connectivity index (χ4n) is 2.17. The van der Waals surface area contributed by atoms with Crippen molar-refractivity contribution >= 4 is 0 Å². The third-order valence-electron chi connectivity index (χ3n) is 3.33. The molecule has 0 bridgehead atoms. The molecule has 0 unspecified atom stereocenters. The van der Waals surface area contributed by atoms with E-state index in [4.69, 9.17) is 0 Å². The smallest absolute Gasteiger partial charge is 0.123 e. The zero-order valence-corrected chi connectivity index (χ0v) is 11.7. The molecule has 20 heavy (non-hydrogen) atoms. The summed E-state index contributed by atoms with van der Waals surface area (Å²) in [5.74, 6) is -0.276. The summed E-state index contributed by atoms with van der Waals surface area (Å²) < 4.78 is 12.8. The first-order valence-corrected chi connectivity index (χ1v) is 6.81. The fraction of sp³-hybridized carbons (Fsp3) is 0.294. The van der Waals surface area contributed by atoms with Crippen molar-refractivity contribution < 1.29 is 9.50 Å². The van der Waals surface area contributed by atoms with Crippen LogP contribution in [0.3, 0.4) is 0 Å². The number of nitrogens with zero attached hydrogens (tertiary/aromatic N) is 1. The predicted octanol–water partition coefficient (Wildman–Crippen LogP) is 3.38. The molecule has 0 fully saturated rings. The third-order valence-corrected chi connectivity index (χ3v) is 3.33. The molecule has 2 aromatic carbocycles. The number of hydrogen-bond acceptors (Lipinski definition) is 2. The Morgan fingerprint density at radius 3 is 2.35 bits per heavy atom. The number of rotatable bonds is 6. The largest absolute Gasteiger partial charge is 0.388 e. The molecule has 2 aromatic rings. The van der Waals surface area contributed by atoms with Gasteiger partial charge >= 0.3 is 0 Å². The molecule has 0 saturated carbocycles. The van der Waals surface area contributed by atoms with E-state index in [1.165, 1.54) is 17.7 Å². The quantitative estimate of drug-likeness (QED) is 0.872. The van der Waals surface area contributed by atoms with Crippen LogP contribution in [0.25, 0.3) is 0 Å². The van der Waals surface area contributed by atoms with E-state index in [1.807, 2.05) is 25.2 Å². The van der Waals surface area contributed by atoms with Crippen molar-refractivity contribution in [1.82, 2.24) is 4.90 Å². The van der Waals surface area contributed by atoms with E-state index in [0.29, 0.717) is 6.42 Å². The lowest BCUT2D eigenvalue weighted by Crippen LogP contribution is -2.20. The first-order chi connectivity index (χ1) is 9.65. The van der Waals surface area contributed by atoms with Gasteiger partial charge in [-0.1, -0.05) is 42.5 Å². The van der Waals surface area contributed by atoms with Gasteiger partial charge in [-0.2, -0.15) is 0 Å². The Bertz CT molecular complexity index is 512. The number of halogens is 1. The fourth-order valence-corrected chi connectivity index (χ4v) is 2.17. The average Bonchev–Trinajstić information content (AvgIpc) is 2.46. The maximum Gasteiger partial charge on any atom is 0.123 e. The molecule has 0 saturated heterocycles. The van der Waals surface area contributed by atoms with Gasteiger partial charge in [0.15, 0.2) is 0 Å². The Kier molecular flexibility index (Phi) is 5.27. The molecule has 106 valence electrons. The van der Waals surface area contributed by atoms with Gasteiger partial charge in [0.25, 0.3) is 0 Å². The minimum Gasteiger partial charge on any atom is -0.388 e. The molecule has 0 aliphatic rings. The van der Waals surface area contributed by atoms with Crippen molar-refractivity contribution in [3.05, 3.63) is 71.5 Å². The van der Waals surface area contributed by atoms with E-state index in [2.05, 4.69) is 17.0 Å². The SMILES string of the molecule is CN(CC[C@H](O)c1ccc(F)cc1)Cc1ccccc1. The lowest BCUT2D eigenvalue weighted by molar-refractivity contribution is 0.147. The van der Waals surface area contributed by atoms with Gasteiger partial charge in [0.1, 0.15) is 5.82 Å². The topological polar surface area (TPSA) is 23.5 Å². The first kappa shape index (κ1) is 14.7. The highest BCUT2D eigenvalue weighted by Crippen LogP contribution is 2.17. The second kappa shape index (κ2) is 7.17. The molecule has 0 radical (unpaired) electrons. The zero-order chi connectivity index (χ0) is 14.4. The normalized spacial score (nSPS) is 12.6. The summed E-state index contributed by atoms with van der Waals surface area (Å²) in [6, 6.07) is 16.3. The van der Waals surface area contributed by atoms with Gasteiger partial charge < -0.3 is 10.0 Å². The lowest BCUT2D eigenvalue weighted by atomic mass is 10.1. The monoisotopic (exact) mass is 273 g/mol. The second-order valence-corrected chi connectivity index (χ2v) is 5.08. The minimum absolute atomic E-state index is 0.276. The van der Waals surface area contributed by atoms with Gasteiger partial charge in [0.2, 0.25) is 0 Å². The van der Waals surface area contributed by atoms with Gasteiger partial charge in [-0.05, 0) is 36.7 Å². The van der Waals surface area contributed by atoms with Gasteiger partial charge in [-0.15, -0.1) is 0 Å². The number of aliphatic hydroxyl groups is 1. The molecular formula is C17H20FNO. The highest BCUT2D eigenvalue weighted by molar-refractivity contribution is 5.18. The summed E-state index contributed by atoms with van der Waals surface area (Å²) in [5, 5.41) is 10.1. The molecule has 0 amide bonds. The Morgan fingerprint density at radius 2 is 1.70 bits per heavy atom. The van der Waals surface area contributed by atoms with Crippen LogP contribution in [-0.2, 0) is 6.54 Å². The molecule has 1 atom stereocenters. The molecule has 0 aromatic heterocycles. The molecule has 0 aliphatic carbocycles. The molecule has 2 nitrogen and oxygen atoms in total. The Balaban J connectivity index is 1.81. The Hall–Kier alpha value is -1.71. The van der Waals surface area contributed by atoms with Crippen LogP contribution in [0.4, 0.5) is 4.39 Å². The van der Waals surface area contributed by atoms with Crippen molar-refractivity contribution in [3.63, 3.8) is 0 Å². The molecular weight excluding hydrogens is 253 g/mol. The van der Waals surface area contributed by atoms with Crippen LogP contribution in [0.1, 0.15) is 23.7 Å². The van der Waals surface area contributed by atoms with Gasteiger partial charge in [-0.3, -0.25) is 0 Å². The van der Waals surface area contributed by atoms with Crippen molar-refractivity contribution in [1.29, 1.82) is 0 Å². The van der Waals surface area contributed by atoms with Crippen LogP contribution >= 0.6 is 0 Å². The summed E-state index contributed by atoms with van der Waals surface area (Å²) in [6.45, 7) is 1.64. The van der Waals surface area contributed by atoms with Crippen molar-refractivity contribution in [2.24, 2.45) is 0 Å². The maximum absolute atomic E-state index is 12.8. The number of benzene rings is 2. The maximum atomic E-state index is 12.8. The number of aliphatic hydroxyl groups excluding tert-OH is 1. The summed E-state index contributed by atoms with van der Waals surface area (Å²) in [6.07, 6.45) is 0.0865. The van der Waals surface area contributed by atoms with E-state index >= 15 is 0 Å². The van der Waals surface area contributed by atoms with E-state index < -0.39 is 6.10 Å². The van der Waals surface area contributed by atoms with Crippen molar-refractivity contribution in [3.8, 4) is 0 Å². The predicted molar refractivity (Wildman–Crippen MR) is 78.8 cm³/mol. The summed E-state index contributed by atoms with van der Waals surface area (Å²) in [4.78, 5) is 2.17. The molecule has 0 aliphatic heterocycles. The van der Waals surface area contributed by atoms with E-state index in [9.17, 15) is 9.50 Å². The van der Waals surface area contributed by atoms with Crippen LogP contribution < -0.4 is 0 Å². The summed E-state index contributed by atoms with van der Waals surface area (Å²) in [7, 11) is 2.03. The van der Waals surface area contributed by atoms with Gasteiger partial charge in [0.05, 0.1) is 6.10 Å². The van der Waals surface area contributed by atoms with Crippen molar-refractivity contribution in [2.75, 3.05) is 13.6 Å². The molecule has 0 spiro atoms. The van der Waals surface area contributed by atoms with Crippen LogP contribution in [0, 0.1) is 5.82 Å². The summed E-state index contributed by atoms with van der Waals surface area (Å²) in [5.41, 5.74) is 2.02. The van der Waals surface area contributed by atoms with E-state index in [-0.39, 0.29) is 5.82 Å². The number of hydrogen-bond donors (Lipinski definition) is 1. The van der Waals surface area contributed by atoms with Crippen LogP contribution in [0.15, 0.2) is 54.6 Å².